The second-order valence-corrected chi connectivity index (χ2v) is 8.07. The maximum absolute atomic E-state index is 14.9. The van der Waals surface area contributed by atoms with Crippen LogP contribution < -0.4 is 4.90 Å². The molecule has 7 nitrogen and oxygen atoms in total. The van der Waals surface area contributed by atoms with E-state index >= 15 is 0 Å². The molecule has 164 valence electrons. The van der Waals surface area contributed by atoms with Gasteiger partial charge in [0.05, 0.1) is 13.2 Å². The molecule has 3 aromatic rings. The fourth-order valence-electron chi connectivity index (χ4n) is 4.08. The summed E-state index contributed by atoms with van der Waals surface area (Å²) in [6.45, 7) is 6.14. The van der Waals surface area contributed by atoms with Crippen molar-refractivity contribution in [1.82, 2.24) is 25.1 Å². The molecule has 0 bridgehead atoms. The second kappa shape index (κ2) is 9.72. The molecule has 0 aliphatic carbocycles. The molecule has 1 unspecified atom stereocenters. The fourth-order valence-corrected chi connectivity index (χ4v) is 4.25. The van der Waals surface area contributed by atoms with Crippen LogP contribution in [0.15, 0.2) is 42.5 Å². The SMILES string of the molecule is COCCn1nnnc1C(c1ccccc1F)N1CCN(c2cc(Cl)ccc2C)CC1. The predicted molar refractivity (Wildman–Crippen MR) is 118 cm³/mol. The fraction of sp³-hybridized carbons (Fsp3) is 0.409. The van der Waals surface area contributed by atoms with Crippen molar-refractivity contribution in [3.63, 3.8) is 0 Å². The van der Waals surface area contributed by atoms with Crippen molar-refractivity contribution < 1.29 is 9.13 Å². The van der Waals surface area contributed by atoms with Crippen LogP contribution in [0.5, 0.6) is 0 Å². The van der Waals surface area contributed by atoms with Gasteiger partial charge in [-0.25, -0.2) is 9.07 Å². The van der Waals surface area contributed by atoms with Crippen LogP contribution in [0.3, 0.4) is 0 Å². The van der Waals surface area contributed by atoms with Crippen molar-refractivity contribution in [1.29, 1.82) is 0 Å². The third kappa shape index (κ3) is 4.71. The van der Waals surface area contributed by atoms with E-state index in [1.807, 2.05) is 30.3 Å². The van der Waals surface area contributed by atoms with Crippen LogP contribution in [0.4, 0.5) is 10.1 Å². The summed E-state index contributed by atoms with van der Waals surface area (Å²) in [5.74, 6) is 0.358. The number of aryl methyl sites for hydroxylation is 1. The van der Waals surface area contributed by atoms with E-state index in [0.29, 0.717) is 24.5 Å². The lowest BCUT2D eigenvalue weighted by molar-refractivity contribution is 0.171. The summed E-state index contributed by atoms with van der Waals surface area (Å²) < 4.78 is 21.7. The van der Waals surface area contributed by atoms with Crippen molar-refractivity contribution in [3.05, 3.63) is 70.3 Å². The third-order valence-electron chi connectivity index (χ3n) is 5.70. The Kier molecular flexibility index (Phi) is 6.80. The van der Waals surface area contributed by atoms with Crippen molar-refractivity contribution >= 4 is 17.3 Å². The standard InChI is InChI=1S/C22H26ClFN6O/c1-16-7-8-17(23)15-20(16)28-9-11-29(12-10-28)21(18-5-3-4-6-19(18)24)22-25-26-27-30(22)13-14-31-2/h3-8,15,21H,9-14H2,1-2H3. The van der Waals surface area contributed by atoms with Gasteiger partial charge in [-0.05, 0) is 41.1 Å². The number of rotatable bonds is 7. The number of halogens is 2. The Labute approximate surface area is 186 Å². The average Bonchev–Trinajstić information content (AvgIpc) is 3.24. The number of aromatic nitrogens is 4. The highest BCUT2D eigenvalue weighted by atomic mass is 35.5. The Bertz CT molecular complexity index is 1020. The van der Waals surface area contributed by atoms with Crippen molar-refractivity contribution in [3.8, 4) is 0 Å². The summed E-state index contributed by atoms with van der Waals surface area (Å²) in [7, 11) is 1.63. The Balaban J connectivity index is 1.61. The molecule has 31 heavy (non-hydrogen) atoms. The highest BCUT2D eigenvalue weighted by Crippen LogP contribution is 2.32. The Morgan fingerprint density at radius 1 is 1.13 bits per heavy atom. The molecule has 1 fully saturated rings. The smallest absolute Gasteiger partial charge is 0.173 e. The largest absolute Gasteiger partial charge is 0.383 e. The molecule has 0 N–H and O–H groups in total. The first-order valence-corrected chi connectivity index (χ1v) is 10.7. The zero-order chi connectivity index (χ0) is 21.8. The zero-order valence-corrected chi connectivity index (χ0v) is 18.5. The molecular formula is C22H26ClFN6O. The van der Waals surface area contributed by atoms with Crippen LogP contribution in [0.25, 0.3) is 0 Å². The minimum absolute atomic E-state index is 0.262. The van der Waals surface area contributed by atoms with Crippen molar-refractivity contribution in [2.24, 2.45) is 0 Å². The molecule has 9 heteroatoms. The van der Waals surface area contributed by atoms with Gasteiger partial charge in [0.25, 0.3) is 0 Å². The van der Waals surface area contributed by atoms with Crippen LogP contribution in [-0.2, 0) is 11.3 Å². The van der Waals surface area contributed by atoms with E-state index in [2.05, 4.69) is 32.2 Å². The number of tetrazole rings is 1. The van der Waals surface area contributed by atoms with E-state index in [4.69, 9.17) is 16.3 Å². The molecule has 1 atom stereocenters. The van der Waals surface area contributed by atoms with Gasteiger partial charge in [0.1, 0.15) is 11.9 Å². The van der Waals surface area contributed by atoms with E-state index in [9.17, 15) is 4.39 Å². The van der Waals surface area contributed by atoms with E-state index < -0.39 is 0 Å². The molecule has 1 aromatic heterocycles. The van der Waals surface area contributed by atoms with Gasteiger partial charge in [-0.2, -0.15) is 0 Å². The highest BCUT2D eigenvalue weighted by molar-refractivity contribution is 6.30. The minimum atomic E-state index is -0.379. The number of hydrogen-bond donors (Lipinski definition) is 0. The molecule has 0 radical (unpaired) electrons. The molecule has 0 amide bonds. The second-order valence-electron chi connectivity index (χ2n) is 7.63. The summed E-state index contributed by atoms with van der Waals surface area (Å²) in [4.78, 5) is 4.56. The maximum Gasteiger partial charge on any atom is 0.173 e. The summed E-state index contributed by atoms with van der Waals surface area (Å²) >= 11 is 6.23. The van der Waals surface area contributed by atoms with E-state index in [1.54, 1.807) is 17.9 Å². The molecule has 1 saturated heterocycles. The van der Waals surface area contributed by atoms with E-state index in [-0.39, 0.29) is 11.9 Å². The van der Waals surface area contributed by atoms with Crippen molar-refractivity contribution in [2.75, 3.05) is 44.8 Å². The van der Waals surface area contributed by atoms with Gasteiger partial charge in [0, 0.05) is 49.6 Å². The quantitative estimate of drug-likeness (QED) is 0.557. The monoisotopic (exact) mass is 444 g/mol. The molecule has 2 heterocycles. The summed E-state index contributed by atoms with van der Waals surface area (Å²) in [6, 6.07) is 12.4. The summed E-state index contributed by atoms with van der Waals surface area (Å²) in [5, 5.41) is 13.0. The molecule has 2 aromatic carbocycles. The number of anilines is 1. The lowest BCUT2D eigenvalue weighted by Gasteiger charge is -2.40. The topological polar surface area (TPSA) is 59.3 Å². The number of benzene rings is 2. The van der Waals surface area contributed by atoms with Crippen LogP contribution >= 0.6 is 11.6 Å². The number of ether oxygens (including phenoxy) is 1. The molecule has 1 aliphatic rings. The van der Waals surface area contributed by atoms with Gasteiger partial charge in [0.15, 0.2) is 5.82 Å². The van der Waals surface area contributed by atoms with Crippen LogP contribution in [0.2, 0.25) is 5.02 Å². The number of nitrogens with zero attached hydrogens (tertiary/aromatic N) is 6. The van der Waals surface area contributed by atoms with Gasteiger partial charge >= 0.3 is 0 Å². The zero-order valence-electron chi connectivity index (χ0n) is 17.7. The van der Waals surface area contributed by atoms with Crippen molar-refractivity contribution in [2.45, 2.75) is 19.5 Å². The van der Waals surface area contributed by atoms with Gasteiger partial charge in [-0.1, -0.05) is 35.9 Å². The number of piperazine rings is 1. The van der Waals surface area contributed by atoms with E-state index in [1.165, 1.54) is 11.6 Å². The van der Waals surface area contributed by atoms with Crippen LogP contribution in [-0.4, -0.2) is 65.0 Å². The Morgan fingerprint density at radius 3 is 2.65 bits per heavy atom. The van der Waals surface area contributed by atoms with E-state index in [0.717, 1.165) is 36.9 Å². The van der Waals surface area contributed by atoms with Crippen LogP contribution in [0.1, 0.15) is 23.0 Å². The normalized spacial score (nSPS) is 15.9. The van der Waals surface area contributed by atoms with Gasteiger partial charge in [-0.3, -0.25) is 4.90 Å². The molecule has 4 rings (SSSR count). The molecule has 1 aliphatic heterocycles. The number of methoxy groups -OCH3 is 1. The predicted octanol–water partition coefficient (Wildman–Crippen LogP) is 3.33. The highest BCUT2D eigenvalue weighted by Gasteiger charge is 2.32. The summed E-state index contributed by atoms with van der Waals surface area (Å²) in [5.41, 5.74) is 2.90. The Morgan fingerprint density at radius 2 is 1.90 bits per heavy atom. The first-order valence-electron chi connectivity index (χ1n) is 10.3. The van der Waals surface area contributed by atoms with Gasteiger partial charge in [0.2, 0.25) is 0 Å². The molecule has 0 spiro atoms. The third-order valence-corrected chi connectivity index (χ3v) is 5.94. The molecular weight excluding hydrogens is 419 g/mol. The maximum atomic E-state index is 14.9. The van der Waals surface area contributed by atoms with Crippen LogP contribution in [0, 0.1) is 12.7 Å². The molecule has 0 saturated carbocycles. The first kappa shape index (κ1) is 21.7. The minimum Gasteiger partial charge on any atom is -0.383 e. The van der Waals surface area contributed by atoms with Gasteiger partial charge < -0.3 is 9.64 Å². The van der Waals surface area contributed by atoms with Gasteiger partial charge in [-0.15, -0.1) is 5.10 Å². The lowest BCUT2D eigenvalue weighted by Crippen LogP contribution is -2.48. The lowest BCUT2D eigenvalue weighted by atomic mass is 10.0. The Hall–Kier alpha value is -2.55. The summed E-state index contributed by atoms with van der Waals surface area (Å²) in [6.07, 6.45) is 0. The average molecular weight is 445 g/mol. The number of hydrogen-bond acceptors (Lipinski definition) is 6. The first-order chi connectivity index (χ1) is 15.1.